The quantitative estimate of drug-likeness (QED) is 0.662. The van der Waals surface area contributed by atoms with Gasteiger partial charge in [0.15, 0.2) is 0 Å². The Morgan fingerprint density at radius 2 is 1.69 bits per heavy atom. The Bertz CT molecular complexity index is 237. The molecule has 0 heterocycles. The number of hydrogen-bond donors (Lipinski definition) is 1. The fraction of sp³-hybridized carbons (Fsp3) is 0.250. The van der Waals surface area contributed by atoms with Crippen LogP contribution in [0, 0.1) is 5.41 Å². The Hall–Kier alpha value is -1.37. The van der Waals surface area contributed by atoms with Crippen molar-refractivity contribution in [1.82, 2.24) is 0 Å². The van der Waals surface area contributed by atoms with Crippen LogP contribution in [0.2, 0.25) is 0 Å². The van der Waals surface area contributed by atoms with Crippen LogP contribution < -0.4 is 0 Å². The molecule has 1 nitrogen and oxygen atoms in total. The van der Waals surface area contributed by atoms with Crippen LogP contribution in [0.1, 0.15) is 25.8 Å². The van der Waals surface area contributed by atoms with Crippen LogP contribution in [-0.2, 0) is 0 Å². The first-order chi connectivity index (χ1) is 6.35. The van der Waals surface area contributed by atoms with E-state index in [1.54, 1.807) is 6.08 Å². The lowest BCUT2D eigenvalue weighted by Crippen LogP contribution is -1.67. The fourth-order valence-corrected chi connectivity index (χ4v) is 0.723. The first kappa shape index (κ1) is 11.6. The summed E-state index contributed by atoms with van der Waals surface area (Å²) in [5.74, 6) is 0. The Kier molecular flexibility index (Phi) is 7.80. The minimum atomic E-state index is 1.13. The molecule has 1 rings (SSSR count). The van der Waals surface area contributed by atoms with Crippen LogP contribution in [0.15, 0.2) is 36.4 Å². The second-order valence-corrected chi connectivity index (χ2v) is 2.64. The maximum absolute atomic E-state index is 6.74. The van der Waals surface area contributed by atoms with Crippen molar-refractivity contribution in [3.05, 3.63) is 42.0 Å². The summed E-state index contributed by atoms with van der Waals surface area (Å²) in [5.41, 5.74) is 1.13. The van der Waals surface area contributed by atoms with E-state index in [4.69, 9.17) is 5.41 Å². The summed E-state index contributed by atoms with van der Waals surface area (Å²) in [6, 6.07) is 9.93. The van der Waals surface area contributed by atoms with E-state index in [2.05, 4.69) is 13.8 Å². The van der Waals surface area contributed by atoms with Crippen LogP contribution >= 0.6 is 0 Å². The minimum Gasteiger partial charge on any atom is -0.309 e. The molecule has 0 aliphatic heterocycles. The summed E-state index contributed by atoms with van der Waals surface area (Å²) in [6.45, 7) is 4.25. The monoisotopic (exact) mass is 175 g/mol. The molecule has 0 fully saturated rings. The zero-order valence-corrected chi connectivity index (χ0v) is 8.33. The van der Waals surface area contributed by atoms with Crippen LogP contribution in [0.4, 0.5) is 0 Å². The lowest BCUT2D eigenvalue weighted by Gasteiger charge is -1.87. The lowest BCUT2D eigenvalue weighted by molar-refractivity contribution is 1.09. The summed E-state index contributed by atoms with van der Waals surface area (Å²) in [7, 11) is 0. The molecule has 0 saturated heterocycles. The predicted octanol–water partition coefficient (Wildman–Crippen LogP) is 3.77. The molecule has 0 aromatic heterocycles. The molecule has 0 spiro atoms. The normalized spacial score (nSPS) is 9.08. The Labute approximate surface area is 80.6 Å². The molecule has 0 saturated carbocycles. The molecular formula is C12H17N. The third kappa shape index (κ3) is 7.01. The molecule has 1 N–H and O–H groups in total. The van der Waals surface area contributed by atoms with Gasteiger partial charge >= 0.3 is 0 Å². The third-order valence-electron chi connectivity index (χ3n) is 1.18. The topological polar surface area (TPSA) is 23.9 Å². The highest BCUT2D eigenvalue weighted by Crippen LogP contribution is 1.99. The highest BCUT2D eigenvalue weighted by Gasteiger charge is 1.78. The lowest BCUT2D eigenvalue weighted by atomic mass is 10.2. The summed E-state index contributed by atoms with van der Waals surface area (Å²) in [4.78, 5) is 0. The molecule has 1 aromatic rings. The molecule has 1 aromatic carbocycles. The Morgan fingerprint density at radius 1 is 1.15 bits per heavy atom. The largest absolute Gasteiger partial charge is 0.309 e. The van der Waals surface area contributed by atoms with E-state index >= 15 is 0 Å². The van der Waals surface area contributed by atoms with Crippen molar-refractivity contribution in [3.8, 4) is 0 Å². The average molecular weight is 175 g/mol. The third-order valence-corrected chi connectivity index (χ3v) is 1.18. The van der Waals surface area contributed by atoms with Gasteiger partial charge in [0.25, 0.3) is 0 Å². The van der Waals surface area contributed by atoms with Gasteiger partial charge in [0.2, 0.25) is 0 Å². The molecule has 0 radical (unpaired) electrons. The number of allylic oxidation sites excluding steroid dienone is 1. The summed E-state index contributed by atoms with van der Waals surface area (Å²) in [6.07, 6.45) is 6.12. The standard InChI is InChI=1S/C9H9N.C3H8/c10-8-4-7-9-5-2-1-3-6-9;1-3-2/h1-8,10H;3H2,1-2H3/b7-4-,10-8?;. The van der Waals surface area contributed by atoms with Crippen molar-refractivity contribution in [3.63, 3.8) is 0 Å². The maximum Gasteiger partial charge on any atom is 0.0177 e. The van der Waals surface area contributed by atoms with E-state index in [9.17, 15) is 0 Å². The van der Waals surface area contributed by atoms with Gasteiger partial charge in [-0.15, -0.1) is 0 Å². The molecule has 0 unspecified atom stereocenters. The van der Waals surface area contributed by atoms with Crippen LogP contribution in [0.5, 0.6) is 0 Å². The average Bonchev–Trinajstić information content (AvgIpc) is 2.18. The summed E-state index contributed by atoms with van der Waals surface area (Å²) < 4.78 is 0. The highest BCUT2D eigenvalue weighted by atomic mass is 14.3. The Balaban J connectivity index is 0.000000424. The summed E-state index contributed by atoms with van der Waals surface area (Å²) >= 11 is 0. The van der Waals surface area contributed by atoms with Crippen molar-refractivity contribution in [2.75, 3.05) is 0 Å². The molecule has 0 bridgehead atoms. The van der Waals surface area contributed by atoms with Gasteiger partial charge in [-0.1, -0.05) is 56.7 Å². The van der Waals surface area contributed by atoms with Crippen LogP contribution in [0.3, 0.4) is 0 Å². The van der Waals surface area contributed by atoms with Crippen molar-refractivity contribution < 1.29 is 0 Å². The van der Waals surface area contributed by atoms with Gasteiger partial charge in [-0.05, 0) is 11.6 Å². The Morgan fingerprint density at radius 3 is 2.15 bits per heavy atom. The van der Waals surface area contributed by atoms with E-state index in [-0.39, 0.29) is 0 Å². The maximum atomic E-state index is 6.74. The van der Waals surface area contributed by atoms with Crippen molar-refractivity contribution in [1.29, 1.82) is 5.41 Å². The van der Waals surface area contributed by atoms with Gasteiger partial charge < -0.3 is 5.41 Å². The highest BCUT2D eigenvalue weighted by molar-refractivity contribution is 5.75. The molecule has 0 amide bonds. The number of rotatable bonds is 2. The zero-order chi connectivity index (χ0) is 9.94. The number of hydrogen-bond acceptors (Lipinski definition) is 1. The number of nitrogens with one attached hydrogen (secondary N) is 1. The minimum absolute atomic E-state index is 1.13. The van der Waals surface area contributed by atoms with E-state index < -0.39 is 0 Å². The van der Waals surface area contributed by atoms with Gasteiger partial charge in [-0.3, -0.25) is 0 Å². The first-order valence-electron chi connectivity index (χ1n) is 4.57. The second-order valence-electron chi connectivity index (χ2n) is 2.64. The van der Waals surface area contributed by atoms with Gasteiger partial charge in [-0.2, -0.15) is 0 Å². The predicted molar refractivity (Wildman–Crippen MR) is 60.2 cm³/mol. The van der Waals surface area contributed by atoms with Crippen molar-refractivity contribution in [2.45, 2.75) is 20.3 Å². The fourth-order valence-electron chi connectivity index (χ4n) is 0.723. The molecule has 13 heavy (non-hydrogen) atoms. The number of benzene rings is 1. The molecule has 0 aliphatic rings. The van der Waals surface area contributed by atoms with Gasteiger partial charge in [0.1, 0.15) is 0 Å². The second kappa shape index (κ2) is 8.72. The zero-order valence-electron chi connectivity index (χ0n) is 8.33. The van der Waals surface area contributed by atoms with Crippen molar-refractivity contribution in [2.24, 2.45) is 0 Å². The molecule has 70 valence electrons. The van der Waals surface area contributed by atoms with E-state index in [1.165, 1.54) is 12.6 Å². The van der Waals surface area contributed by atoms with Crippen molar-refractivity contribution >= 4 is 12.3 Å². The van der Waals surface area contributed by atoms with Crippen LogP contribution in [0.25, 0.3) is 6.08 Å². The smallest absolute Gasteiger partial charge is 0.0177 e. The molecular weight excluding hydrogens is 158 g/mol. The van der Waals surface area contributed by atoms with E-state index in [0.717, 1.165) is 5.56 Å². The first-order valence-corrected chi connectivity index (χ1v) is 4.57. The SMILES string of the molecule is CCC.N=C/C=C\c1ccccc1. The molecule has 0 atom stereocenters. The summed E-state index contributed by atoms with van der Waals surface area (Å²) in [5, 5.41) is 6.74. The van der Waals surface area contributed by atoms with Gasteiger partial charge in [0.05, 0.1) is 0 Å². The molecule has 0 aliphatic carbocycles. The van der Waals surface area contributed by atoms with Gasteiger partial charge in [0, 0.05) is 6.21 Å². The molecule has 1 heteroatoms. The van der Waals surface area contributed by atoms with E-state index in [1.807, 2.05) is 36.4 Å². The van der Waals surface area contributed by atoms with E-state index in [0.29, 0.717) is 0 Å². The van der Waals surface area contributed by atoms with Crippen LogP contribution in [-0.4, -0.2) is 6.21 Å². The van der Waals surface area contributed by atoms with Gasteiger partial charge in [-0.25, -0.2) is 0 Å².